The van der Waals surface area contributed by atoms with Crippen LogP contribution in [0.25, 0.3) is 5.69 Å². The first-order chi connectivity index (χ1) is 15.8. The third-order valence-corrected chi connectivity index (χ3v) is 5.30. The van der Waals surface area contributed by atoms with Gasteiger partial charge in [-0.2, -0.15) is 0 Å². The molecule has 1 unspecified atom stereocenters. The van der Waals surface area contributed by atoms with Gasteiger partial charge in [0.1, 0.15) is 11.6 Å². The molecule has 172 valence electrons. The first-order valence-electron chi connectivity index (χ1n) is 10.2. The summed E-state index contributed by atoms with van der Waals surface area (Å²) >= 11 is 12.2. The highest BCUT2D eigenvalue weighted by Crippen LogP contribution is 2.25. The SMILES string of the molecule is CCOC(=O)c1ccc(-n2cc(C(=O)C(Cc3ccc(Cl)cc3Cl)C(=O)OCC)nn2)cc1. The maximum atomic E-state index is 13.2. The maximum Gasteiger partial charge on any atom is 0.338 e. The van der Waals surface area contributed by atoms with Crippen molar-refractivity contribution >= 4 is 40.9 Å². The number of aromatic nitrogens is 3. The molecule has 0 saturated heterocycles. The van der Waals surface area contributed by atoms with Crippen LogP contribution >= 0.6 is 23.2 Å². The fraction of sp³-hybridized carbons (Fsp3) is 0.261. The monoisotopic (exact) mass is 489 g/mol. The maximum absolute atomic E-state index is 13.2. The smallest absolute Gasteiger partial charge is 0.338 e. The summed E-state index contributed by atoms with van der Waals surface area (Å²) in [5.41, 5.74) is 1.53. The van der Waals surface area contributed by atoms with E-state index in [0.717, 1.165) is 0 Å². The minimum absolute atomic E-state index is 0.00684. The zero-order valence-corrected chi connectivity index (χ0v) is 19.5. The van der Waals surface area contributed by atoms with E-state index in [0.29, 0.717) is 26.9 Å². The molecule has 3 rings (SSSR count). The van der Waals surface area contributed by atoms with Gasteiger partial charge in [0.2, 0.25) is 0 Å². The van der Waals surface area contributed by atoms with Gasteiger partial charge in [-0.05, 0) is 62.2 Å². The topological polar surface area (TPSA) is 100 Å². The van der Waals surface area contributed by atoms with Crippen molar-refractivity contribution in [2.24, 2.45) is 5.92 Å². The van der Waals surface area contributed by atoms with Crippen LogP contribution in [0, 0.1) is 5.92 Å². The number of hydrogen-bond donors (Lipinski definition) is 0. The Morgan fingerprint density at radius 1 is 1.00 bits per heavy atom. The number of Topliss-reactive ketones (excluding diaryl/α,β-unsaturated/α-hetero) is 1. The van der Waals surface area contributed by atoms with Crippen LogP contribution in [0.2, 0.25) is 10.0 Å². The molecule has 33 heavy (non-hydrogen) atoms. The van der Waals surface area contributed by atoms with E-state index in [-0.39, 0.29) is 25.3 Å². The van der Waals surface area contributed by atoms with Gasteiger partial charge in [0.05, 0.1) is 30.7 Å². The number of halogens is 2. The molecule has 8 nitrogen and oxygen atoms in total. The molecule has 1 atom stereocenters. The zero-order valence-electron chi connectivity index (χ0n) is 18.0. The fourth-order valence-corrected chi connectivity index (χ4v) is 3.56. The molecule has 0 aliphatic heterocycles. The highest BCUT2D eigenvalue weighted by atomic mass is 35.5. The van der Waals surface area contributed by atoms with Gasteiger partial charge in [0.25, 0.3) is 0 Å². The second-order valence-electron chi connectivity index (χ2n) is 6.92. The summed E-state index contributed by atoms with van der Waals surface area (Å²) in [6, 6.07) is 11.3. The Bertz CT molecular complexity index is 1160. The fourth-order valence-electron chi connectivity index (χ4n) is 3.08. The molecular formula is C23H21Cl2N3O5. The molecular weight excluding hydrogens is 469 g/mol. The van der Waals surface area contributed by atoms with Gasteiger partial charge in [0, 0.05) is 10.0 Å². The van der Waals surface area contributed by atoms with E-state index in [4.69, 9.17) is 32.7 Å². The summed E-state index contributed by atoms with van der Waals surface area (Å²) in [6.45, 7) is 3.78. The quantitative estimate of drug-likeness (QED) is 0.250. The molecule has 0 bridgehead atoms. The summed E-state index contributed by atoms with van der Waals surface area (Å²) in [6.07, 6.45) is 1.44. The van der Waals surface area contributed by atoms with E-state index in [1.165, 1.54) is 10.9 Å². The summed E-state index contributed by atoms with van der Waals surface area (Å²) in [5, 5.41) is 8.69. The van der Waals surface area contributed by atoms with Gasteiger partial charge in [0.15, 0.2) is 5.78 Å². The first kappa shape index (κ1) is 24.4. The van der Waals surface area contributed by atoms with Crippen LogP contribution in [-0.4, -0.2) is 45.9 Å². The lowest BCUT2D eigenvalue weighted by molar-refractivity contribution is -0.146. The second kappa shape index (κ2) is 11.1. The number of rotatable bonds is 9. The number of esters is 2. The van der Waals surface area contributed by atoms with Crippen molar-refractivity contribution < 1.29 is 23.9 Å². The Hall–Kier alpha value is -3.23. The lowest BCUT2D eigenvalue weighted by Crippen LogP contribution is -2.29. The second-order valence-corrected chi connectivity index (χ2v) is 7.77. The first-order valence-corrected chi connectivity index (χ1v) is 10.9. The zero-order chi connectivity index (χ0) is 24.0. The van der Waals surface area contributed by atoms with Crippen molar-refractivity contribution in [3.63, 3.8) is 0 Å². The van der Waals surface area contributed by atoms with Crippen LogP contribution in [0.1, 0.15) is 40.3 Å². The molecule has 0 radical (unpaired) electrons. The van der Waals surface area contributed by atoms with E-state index < -0.39 is 23.6 Å². The lowest BCUT2D eigenvalue weighted by Gasteiger charge is -2.14. The van der Waals surface area contributed by atoms with Crippen molar-refractivity contribution in [1.29, 1.82) is 0 Å². The number of ether oxygens (including phenoxy) is 2. The predicted octanol–water partition coefficient (Wildman–Crippen LogP) is 4.36. The predicted molar refractivity (Wildman–Crippen MR) is 122 cm³/mol. The average Bonchev–Trinajstić information content (AvgIpc) is 3.29. The highest BCUT2D eigenvalue weighted by Gasteiger charge is 2.32. The third-order valence-electron chi connectivity index (χ3n) is 4.72. The molecule has 0 fully saturated rings. The van der Waals surface area contributed by atoms with E-state index >= 15 is 0 Å². The highest BCUT2D eigenvalue weighted by molar-refractivity contribution is 6.35. The number of benzene rings is 2. The van der Waals surface area contributed by atoms with Gasteiger partial charge < -0.3 is 9.47 Å². The Morgan fingerprint density at radius 3 is 2.33 bits per heavy atom. The van der Waals surface area contributed by atoms with Gasteiger partial charge >= 0.3 is 11.9 Å². The normalized spacial score (nSPS) is 11.6. The summed E-state index contributed by atoms with van der Waals surface area (Å²) in [7, 11) is 0. The molecule has 0 amide bonds. The van der Waals surface area contributed by atoms with Crippen LogP contribution < -0.4 is 0 Å². The number of hydrogen-bond acceptors (Lipinski definition) is 7. The summed E-state index contributed by atoms with van der Waals surface area (Å²) in [5.74, 6) is -2.81. The van der Waals surface area contributed by atoms with E-state index in [9.17, 15) is 14.4 Å². The summed E-state index contributed by atoms with van der Waals surface area (Å²) in [4.78, 5) is 37.5. The molecule has 0 aliphatic carbocycles. The molecule has 0 aliphatic rings. The number of carbonyl (C=O) groups is 3. The van der Waals surface area contributed by atoms with Crippen LogP contribution in [0.3, 0.4) is 0 Å². The molecule has 2 aromatic carbocycles. The Labute approximate surface area is 200 Å². The van der Waals surface area contributed by atoms with Gasteiger partial charge in [-0.15, -0.1) is 5.10 Å². The molecule has 0 N–H and O–H groups in total. The van der Waals surface area contributed by atoms with Crippen molar-refractivity contribution in [2.45, 2.75) is 20.3 Å². The van der Waals surface area contributed by atoms with Gasteiger partial charge in [-0.3, -0.25) is 9.59 Å². The molecule has 1 heterocycles. The van der Waals surface area contributed by atoms with Crippen LogP contribution in [0.15, 0.2) is 48.7 Å². The Morgan fingerprint density at radius 2 is 1.70 bits per heavy atom. The van der Waals surface area contributed by atoms with Crippen molar-refractivity contribution in [3.8, 4) is 5.69 Å². The van der Waals surface area contributed by atoms with Crippen LogP contribution in [0.4, 0.5) is 0 Å². The Balaban J connectivity index is 1.83. The largest absolute Gasteiger partial charge is 0.465 e. The molecule has 0 saturated carbocycles. The minimum atomic E-state index is -1.15. The van der Waals surface area contributed by atoms with E-state index in [1.807, 2.05) is 0 Å². The van der Waals surface area contributed by atoms with Crippen molar-refractivity contribution in [1.82, 2.24) is 15.0 Å². The Kier molecular flexibility index (Phi) is 8.19. The molecule has 0 spiro atoms. The lowest BCUT2D eigenvalue weighted by atomic mass is 9.93. The molecule has 1 aromatic heterocycles. The van der Waals surface area contributed by atoms with Gasteiger partial charge in [-0.25, -0.2) is 9.48 Å². The average molecular weight is 490 g/mol. The van der Waals surface area contributed by atoms with Gasteiger partial charge in [-0.1, -0.05) is 34.5 Å². The van der Waals surface area contributed by atoms with Crippen LogP contribution in [-0.2, 0) is 20.7 Å². The standard InChI is InChI=1S/C23H21Cl2N3O5/c1-3-32-22(30)14-6-9-17(10-7-14)28-13-20(26-27-28)21(29)18(23(31)33-4-2)11-15-5-8-16(24)12-19(15)25/h5-10,12-13,18H,3-4,11H2,1-2H3. The number of nitrogens with zero attached hydrogens (tertiary/aromatic N) is 3. The number of ketones is 1. The van der Waals surface area contributed by atoms with E-state index in [1.54, 1.807) is 56.3 Å². The van der Waals surface area contributed by atoms with Crippen molar-refractivity contribution in [2.75, 3.05) is 13.2 Å². The molecule has 3 aromatic rings. The van der Waals surface area contributed by atoms with Crippen LogP contribution in [0.5, 0.6) is 0 Å². The molecule has 10 heteroatoms. The van der Waals surface area contributed by atoms with Crippen molar-refractivity contribution in [3.05, 3.63) is 75.5 Å². The summed E-state index contributed by atoms with van der Waals surface area (Å²) < 4.78 is 11.4. The third kappa shape index (κ3) is 5.97. The minimum Gasteiger partial charge on any atom is -0.465 e. The number of carbonyl (C=O) groups excluding carboxylic acids is 3. The van der Waals surface area contributed by atoms with E-state index in [2.05, 4.69) is 10.3 Å².